The third-order valence-electron chi connectivity index (χ3n) is 6.39. The van der Waals surface area contributed by atoms with Crippen molar-refractivity contribution < 1.29 is 14.3 Å². The van der Waals surface area contributed by atoms with Crippen molar-refractivity contribution in [3.63, 3.8) is 0 Å². The standard InChI is InChI=1S/C27H31N3O4/c1-5-22(26(31)28-19-14-15-23(33-3)24(16-19)34-4)30-27(32)21-9-7-6-8-20(21)25(29-30)18-12-10-17(2)11-13-18/h10-16,22H,5-9H2,1-4H3,(H,28,31). The van der Waals surface area contributed by atoms with E-state index >= 15 is 0 Å². The third-order valence-corrected chi connectivity index (χ3v) is 6.39. The molecule has 0 fully saturated rings. The number of benzene rings is 2. The van der Waals surface area contributed by atoms with Crippen LogP contribution in [0.25, 0.3) is 11.3 Å². The number of nitrogens with one attached hydrogen (secondary N) is 1. The summed E-state index contributed by atoms with van der Waals surface area (Å²) in [5, 5.41) is 7.70. The number of nitrogens with zero attached hydrogens (tertiary/aromatic N) is 2. The van der Waals surface area contributed by atoms with E-state index in [0.717, 1.165) is 47.2 Å². The van der Waals surface area contributed by atoms with Crippen molar-refractivity contribution in [1.29, 1.82) is 0 Å². The van der Waals surface area contributed by atoms with E-state index < -0.39 is 6.04 Å². The summed E-state index contributed by atoms with van der Waals surface area (Å²) in [4.78, 5) is 26.8. The van der Waals surface area contributed by atoms with Gasteiger partial charge < -0.3 is 14.8 Å². The number of methoxy groups -OCH3 is 2. The molecular weight excluding hydrogens is 430 g/mol. The molecule has 3 aromatic rings. The Morgan fingerprint density at radius 3 is 2.35 bits per heavy atom. The molecule has 0 spiro atoms. The van der Waals surface area contributed by atoms with Gasteiger partial charge in [0.2, 0.25) is 5.91 Å². The normalized spacial score (nSPS) is 13.6. The number of rotatable bonds is 7. The highest BCUT2D eigenvalue weighted by molar-refractivity contribution is 5.94. The maximum absolute atomic E-state index is 13.5. The first-order valence-corrected chi connectivity index (χ1v) is 11.7. The molecule has 1 heterocycles. The lowest BCUT2D eigenvalue weighted by molar-refractivity contribution is -0.119. The Kier molecular flexibility index (Phi) is 7.01. The number of amides is 1. The Balaban J connectivity index is 1.74. The van der Waals surface area contributed by atoms with E-state index in [2.05, 4.69) is 5.32 Å². The van der Waals surface area contributed by atoms with Crippen LogP contribution in [0.2, 0.25) is 0 Å². The van der Waals surface area contributed by atoms with Crippen molar-refractivity contribution in [3.8, 4) is 22.8 Å². The zero-order valence-corrected chi connectivity index (χ0v) is 20.2. The largest absolute Gasteiger partial charge is 0.493 e. The summed E-state index contributed by atoms with van der Waals surface area (Å²) in [6.45, 7) is 3.93. The highest BCUT2D eigenvalue weighted by atomic mass is 16.5. The SMILES string of the molecule is CCC(C(=O)Nc1ccc(OC)c(OC)c1)n1nc(-c2ccc(C)cc2)c2c(c1=O)CCCC2. The van der Waals surface area contributed by atoms with Gasteiger partial charge >= 0.3 is 0 Å². The Morgan fingerprint density at radius 1 is 1.03 bits per heavy atom. The summed E-state index contributed by atoms with van der Waals surface area (Å²) < 4.78 is 12.0. The second kappa shape index (κ2) is 10.1. The number of hydrogen-bond acceptors (Lipinski definition) is 5. The van der Waals surface area contributed by atoms with Crippen LogP contribution in [0, 0.1) is 6.92 Å². The second-order valence-electron chi connectivity index (χ2n) is 8.61. The van der Waals surface area contributed by atoms with E-state index in [1.807, 2.05) is 38.1 Å². The van der Waals surface area contributed by atoms with Crippen molar-refractivity contribution in [2.75, 3.05) is 19.5 Å². The van der Waals surface area contributed by atoms with Crippen molar-refractivity contribution in [1.82, 2.24) is 9.78 Å². The predicted molar refractivity (Wildman–Crippen MR) is 133 cm³/mol. The van der Waals surface area contributed by atoms with Crippen LogP contribution in [0.15, 0.2) is 47.3 Å². The van der Waals surface area contributed by atoms with Gasteiger partial charge in [0.1, 0.15) is 6.04 Å². The first-order chi connectivity index (χ1) is 16.5. The van der Waals surface area contributed by atoms with Crippen molar-refractivity contribution in [2.24, 2.45) is 0 Å². The molecule has 1 amide bonds. The van der Waals surface area contributed by atoms with Crippen LogP contribution in [-0.2, 0) is 17.6 Å². The number of anilines is 1. The molecule has 1 aliphatic carbocycles. The van der Waals surface area contributed by atoms with Crippen molar-refractivity contribution >= 4 is 11.6 Å². The Bertz CT molecular complexity index is 1250. The summed E-state index contributed by atoms with van der Waals surface area (Å²) in [5.41, 5.74) is 5.12. The smallest absolute Gasteiger partial charge is 0.271 e. The maximum atomic E-state index is 13.5. The van der Waals surface area contributed by atoms with Crippen molar-refractivity contribution in [3.05, 3.63) is 69.5 Å². The van der Waals surface area contributed by atoms with Crippen LogP contribution >= 0.6 is 0 Å². The van der Waals surface area contributed by atoms with Crippen LogP contribution in [0.4, 0.5) is 5.69 Å². The van der Waals surface area contributed by atoms with Gasteiger partial charge in [-0.05, 0) is 56.7 Å². The van der Waals surface area contributed by atoms with Gasteiger partial charge in [-0.25, -0.2) is 4.68 Å². The van der Waals surface area contributed by atoms with E-state index in [-0.39, 0.29) is 11.5 Å². The number of aryl methyl sites for hydroxylation is 1. The number of hydrogen-bond donors (Lipinski definition) is 1. The minimum absolute atomic E-state index is 0.167. The molecule has 7 nitrogen and oxygen atoms in total. The molecule has 0 bridgehead atoms. The van der Waals surface area contributed by atoms with Gasteiger partial charge in [0.05, 0.1) is 19.9 Å². The molecule has 4 rings (SSSR count). The van der Waals surface area contributed by atoms with Gasteiger partial charge in [-0.1, -0.05) is 36.8 Å². The molecule has 178 valence electrons. The Morgan fingerprint density at radius 2 is 1.71 bits per heavy atom. The van der Waals surface area contributed by atoms with Gasteiger partial charge in [-0.2, -0.15) is 5.10 Å². The number of fused-ring (bicyclic) bond motifs is 1. The van der Waals surface area contributed by atoms with Crippen LogP contribution in [0.1, 0.15) is 48.9 Å². The van der Waals surface area contributed by atoms with Gasteiger partial charge in [-0.3, -0.25) is 9.59 Å². The van der Waals surface area contributed by atoms with Gasteiger partial charge in [-0.15, -0.1) is 0 Å². The van der Waals surface area contributed by atoms with Gasteiger partial charge in [0, 0.05) is 22.9 Å². The molecule has 7 heteroatoms. The lowest BCUT2D eigenvalue weighted by atomic mass is 9.89. The molecule has 1 unspecified atom stereocenters. The first-order valence-electron chi connectivity index (χ1n) is 11.7. The van der Waals surface area contributed by atoms with Crippen LogP contribution in [0.3, 0.4) is 0 Å². The average Bonchev–Trinajstić information content (AvgIpc) is 2.86. The molecular formula is C27H31N3O4. The molecule has 2 aromatic carbocycles. The fourth-order valence-corrected chi connectivity index (χ4v) is 4.52. The van der Waals surface area contributed by atoms with Crippen LogP contribution in [-0.4, -0.2) is 29.9 Å². The van der Waals surface area contributed by atoms with Gasteiger partial charge in [0.25, 0.3) is 5.56 Å². The number of carbonyl (C=O) groups is 1. The monoisotopic (exact) mass is 461 g/mol. The summed E-state index contributed by atoms with van der Waals surface area (Å²) in [6.07, 6.45) is 3.97. The average molecular weight is 462 g/mol. The quantitative estimate of drug-likeness (QED) is 0.551. The summed E-state index contributed by atoms with van der Waals surface area (Å²) in [7, 11) is 3.10. The molecule has 1 atom stereocenters. The predicted octanol–water partition coefficient (Wildman–Crippen LogP) is 4.70. The first kappa shape index (κ1) is 23.5. The summed E-state index contributed by atoms with van der Waals surface area (Å²) >= 11 is 0. The third kappa shape index (κ3) is 4.55. The fourth-order valence-electron chi connectivity index (χ4n) is 4.52. The van der Waals surface area contributed by atoms with E-state index in [1.165, 1.54) is 4.68 Å². The number of aromatic nitrogens is 2. The minimum Gasteiger partial charge on any atom is -0.493 e. The summed E-state index contributed by atoms with van der Waals surface area (Å²) in [5.74, 6) is 0.789. The number of ether oxygens (including phenoxy) is 2. The lowest BCUT2D eigenvalue weighted by Gasteiger charge is -2.24. The van der Waals surface area contributed by atoms with Gasteiger partial charge in [0.15, 0.2) is 11.5 Å². The van der Waals surface area contributed by atoms with Crippen LogP contribution < -0.4 is 20.3 Å². The van der Waals surface area contributed by atoms with Crippen molar-refractivity contribution in [2.45, 2.75) is 52.0 Å². The Hall–Kier alpha value is -3.61. The van der Waals surface area contributed by atoms with Crippen LogP contribution in [0.5, 0.6) is 11.5 Å². The molecule has 1 N–H and O–H groups in total. The zero-order valence-electron chi connectivity index (χ0n) is 20.2. The fraction of sp³-hybridized carbons (Fsp3) is 0.370. The maximum Gasteiger partial charge on any atom is 0.271 e. The van der Waals surface area contributed by atoms with E-state index in [1.54, 1.807) is 32.4 Å². The molecule has 1 aliphatic rings. The highest BCUT2D eigenvalue weighted by Crippen LogP contribution is 2.31. The molecule has 0 aliphatic heterocycles. The highest BCUT2D eigenvalue weighted by Gasteiger charge is 2.27. The lowest BCUT2D eigenvalue weighted by Crippen LogP contribution is -2.38. The molecule has 34 heavy (non-hydrogen) atoms. The molecule has 0 radical (unpaired) electrons. The number of carbonyl (C=O) groups excluding carboxylic acids is 1. The topological polar surface area (TPSA) is 82.4 Å². The zero-order chi connectivity index (χ0) is 24.2. The van der Waals surface area contributed by atoms with E-state index in [0.29, 0.717) is 30.0 Å². The van der Waals surface area contributed by atoms with E-state index in [4.69, 9.17) is 14.6 Å². The molecule has 0 saturated heterocycles. The minimum atomic E-state index is -0.739. The second-order valence-corrected chi connectivity index (χ2v) is 8.61. The molecule has 0 saturated carbocycles. The molecule has 1 aromatic heterocycles. The summed E-state index contributed by atoms with van der Waals surface area (Å²) in [6, 6.07) is 12.6. The Labute approximate surface area is 199 Å². The van der Waals surface area contributed by atoms with E-state index in [9.17, 15) is 9.59 Å².